The largest absolute Gasteiger partial charge is 0.480 e. The Hall–Kier alpha value is -0.620. The van der Waals surface area contributed by atoms with Crippen LogP contribution in [0.5, 0.6) is 0 Å². The molecule has 0 heterocycles. The lowest BCUT2D eigenvalue weighted by molar-refractivity contribution is -0.141. The van der Waals surface area contributed by atoms with Crippen molar-refractivity contribution in [1.29, 1.82) is 0 Å². The zero-order valence-electron chi connectivity index (χ0n) is 15.4. The molecule has 0 radical (unpaired) electrons. The molecule has 5 atom stereocenters. The lowest BCUT2D eigenvalue weighted by Gasteiger charge is -2.29. The van der Waals surface area contributed by atoms with Crippen LogP contribution in [-0.2, 0) is 9.53 Å². The smallest absolute Gasteiger partial charge is 0.329 e. The van der Waals surface area contributed by atoms with E-state index in [1.54, 1.807) is 0 Å². The molecule has 0 amide bonds. The first-order valence-electron chi connectivity index (χ1n) is 9.93. The van der Waals surface area contributed by atoms with E-state index in [9.17, 15) is 15.0 Å². The number of rotatable bonds is 10. The molecular formula is C20H33ClO5. The van der Waals surface area contributed by atoms with Gasteiger partial charge < -0.3 is 20.1 Å². The van der Waals surface area contributed by atoms with Gasteiger partial charge in [-0.3, -0.25) is 0 Å². The summed E-state index contributed by atoms with van der Waals surface area (Å²) in [6.07, 6.45) is 11.9. The minimum absolute atomic E-state index is 0.0635. The first kappa shape index (κ1) is 21.7. The second-order valence-electron chi connectivity index (χ2n) is 7.81. The number of carboxylic acid groups (broad SMARTS) is 1. The molecule has 5 nitrogen and oxygen atoms in total. The van der Waals surface area contributed by atoms with Gasteiger partial charge in [0.05, 0.1) is 18.8 Å². The number of allylic oxidation sites excluding steroid dienone is 1. The average molecular weight is 389 g/mol. The number of hydrogen-bond acceptors (Lipinski definition) is 4. The van der Waals surface area contributed by atoms with Crippen molar-refractivity contribution in [2.24, 2.45) is 17.8 Å². The summed E-state index contributed by atoms with van der Waals surface area (Å²) in [4.78, 5) is 10.4. The third-order valence-electron chi connectivity index (χ3n) is 5.98. The zero-order chi connectivity index (χ0) is 18.9. The van der Waals surface area contributed by atoms with Crippen LogP contribution in [0.3, 0.4) is 0 Å². The summed E-state index contributed by atoms with van der Waals surface area (Å²) in [6.45, 7) is -0.0358. The summed E-state index contributed by atoms with van der Waals surface area (Å²) in [6, 6.07) is 0. The molecule has 150 valence electrons. The Morgan fingerprint density at radius 1 is 1.19 bits per heavy atom. The molecule has 2 saturated carbocycles. The maximum atomic E-state index is 10.5. The molecule has 2 aliphatic rings. The highest BCUT2D eigenvalue weighted by Crippen LogP contribution is 2.42. The molecule has 2 unspecified atom stereocenters. The minimum atomic E-state index is -0.977. The molecule has 0 aliphatic heterocycles. The summed E-state index contributed by atoms with van der Waals surface area (Å²) in [5, 5.41) is 29.3. The molecule has 0 aromatic rings. The lowest BCUT2D eigenvalue weighted by atomic mass is 9.81. The highest BCUT2D eigenvalue weighted by atomic mass is 35.5. The second-order valence-corrected chi connectivity index (χ2v) is 8.37. The topological polar surface area (TPSA) is 87.0 Å². The van der Waals surface area contributed by atoms with Crippen LogP contribution in [0, 0.1) is 17.8 Å². The van der Waals surface area contributed by atoms with Crippen LogP contribution in [0.4, 0.5) is 0 Å². The van der Waals surface area contributed by atoms with Gasteiger partial charge in [0.2, 0.25) is 0 Å². The van der Waals surface area contributed by atoms with Gasteiger partial charge in [-0.15, -0.1) is 11.6 Å². The number of ether oxygens (including phenoxy) is 1. The first-order chi connectivity index (χ1) is 12.5. The Balaban J connectivity index is 1.77. The fourth-order valence-electron chi connectivity index (χ4n) is 4.52. The van der Waals surface area contributed by atoms with Gasteiger partial charge in [-0.25, -0.2) is 4.79 Å². The van der Waals surface area contributed by atoms with Crippen LogP contribution in [0.1, 0.15) is 57.8 Å². The van der Waals surface area contributed by atoms with Gasteiger partial charge in [-0.2, -0.15) is 0 Å². The normalized spacial score (nSPS) is 31.5. The van der Waals surface area contributed by atoms with E-state index in [-0.39, 0.29) is 36.5 Å². The Morgan fingerprint density at radius 2 is 1.92 bits per heavy atom. The predicted octanol–water partition coefficient (Wildman–Crippen LogP) is 3.36. The molecule has 2 rings (SSSR count). The number of carboxylic acids is 1. The predicted molar refractivity (Wildman–Crippen MR) is 101 cm³/mol. The van der Waals surface area contributed by atoms with Gasteiger partial charge in [-0.1, -0.05) is 31.4 Å². The van der Waals surface area contributed by atoms with Gasteiger partial charge in [0.1, 0.15) is 6.61 Å². The molecular weight excluding hydrogens is 356 g/mol. The van der Waals surface area contributed by atoms with E-state index in [0.717, 1.165) is 32.1 Å². The van der Waals surface area contributed by atoms with Crippen molar-refractivity contribution in [2.45, 2.75) is 75.4 Å². The van der Waals surface area contributed by atoms with Gasteiger partial charge in [-0.05, 0) is 56.3 Å². The zero-order valence-corrected chi connectivity index (χ0v) is 16.2. The van der Waals surface area contributed by atoms with Crippen LogP contribution in [0.15, 0.2) is 12.2 Å². The van der Waals surface area contributed by atoms with E-state index < -0.39 is 12.1 Å². The van der Waals surface area contributed by atoms with Crippen LogP contribution in [0.25, 0.3) is 0 Å². The summed E-state index contributed by atoms with van der Waals surface area (Å²) in [5.74, 6) is -0.269. The van der Waals surface area contributed by atoms with E-state index in [2.05, 4.69) is 0 Å². The number of hydrogen-bond donors (Lipinski definition) is 3. The quantitative estimate of drug-likeness (QED) is 0.303. The molecule has 0 saturated heterocycles. The van der Waals surface area contributed by atoms with Crippen molar-refractivity contribution in [3.05, 3.63) is 12.2 Å². The maximum Gasteiger partial charge on any atom is 0.329 e. The van der Waals surface area contributed by atoms with Crippen molar-refractivity contribution < 1.29 is 24.9 Å². The van der Waals surface area contributed by atoms with Crippen molar-refractivity contribution in [2.75, 3.05) is 13.2 Å². The van der Waals surface area contributed by atoms with Crippen molar-refractivity contribution >= 4 is 17.6 Å². The van der Waals surface area contributed by atoms with E-state index >= 15 is 0 Å². The standard InChI is InChI=1S/C20H33ClO5/c21-17-12-19(23)16(9-10-18(22)14-6-2-1-3-7-14)15(17)8-4-5-11-26-13-20(24)25/h4-5,14-19,22-23H,1-3,6-13H2,(H,24,25)/b5-4-/t15?,16?,17-,18-,19-/m0/s1. The minimum Gasteiger partial charge on any atom is -0.480 e. The molecule has 2 fully saturated rings. The number of alkyl halides is 1. The maximum absolute atomic E-state index is 10.5. The van der Waals surface area contributed by atoms with Crippen molar-refractivity contribution in [3.8, 4) is 0 Å². The molecule has 0 aromatic carbocycles. The number of aliphatic hydroxyl groups is 2. The average Bonchev–Trinajstić information content (AvgIpc) is 2.89. The highest BCUT2D eigenvalue weighted by Gasteiger charge is 2.40. The van der Waals surface area contributed by atoms with E-state index in [1.165, 1.54) is 19.3 Å². The molecule has 3 N–H and O–H groups in total. The van der Waals surface area contributed by atoms with E-state index in [4.69, 9.17) is 21.4 Å². The second kappa shape index (κ2) is 11.3. The monoisotopic (exact) mass is 388 g/mol. The third kappa shape index (κ3) is 6.84. The van der Waals surface area contributed by atoms with Crippen molar-refractivity contribution in [1.82, 2.24) is 0 Å². The van der Waals surface area contributed by atoms with E-state index in [0.29, 0.717) is 12.3 Å². The van der Waals surface area contributed by atoms with Crippen LogP contribution in [0.2, 0.25) is 0 Å². The third-order valence-corrected chi connectivity index (χ3v) is 6.48. The molecule has 0 aromatic heterocycles. The Bertz CT molecular complexity index is 449. The van der Waals surface area contributed by atoms with Gasteiger partial charge >= 0.3 is 5.97 Å². The summed E-state index contributed by atoms with van der Waals surface area (Å²) < 4.78 is 4.98. The molecule has 2 aliphatic carbocycles. The van der Waals surface area contributed by atoms with Gasteiger partial charge in [0, 0.05) is 5.38 Å². The van der Waals surface area contributed by atoms with Crippen LogP contribution >= 0.6 is 11.6 Å². The number of aliphatic hydroxyl groups excluding tert-OH is 2. The summed E-state index contributed by atoms with van der Waals surface area (Å²) in [7, 11) is 0. The summed E-state index contributed by atoms with van der Waals surface area (Å²) in [5.41, 5.74) is 0. The van der Waals surface area contributed by atoms with Crippen molar-refractivity contribution in [3.63, 3.8) is 0 Å². The SMILES string of the molecule is O=C(O)COC/C=C\CC1C(CC[C@H](O)C2CCCCC2)[C@@H](O)C[C@@H]1Cl. The number of halogens is 1. The Kier molecular flexibility index (Phi) is 9.40. The summed E-state index contributed by atoms with van der Waals surface area (Å²) >= 11 is 6.45. The first-order valence-corrected chi connectivity index (χ1v) is 10.4. The number of aliphatic carboxylic acids is 1. The Morgan fingerprint density at radius 3 is 2.62 bits per heavy atom. The van der Waals surface area contributed by atoms with Crippen LogP contribution < -0.4 is 0 Å². The Labute approximate surface area is 161 Å². The lowest BCUT2D eigenvalue weighted by Crippen LogP contribution is -2.26. The fraction of sp³-hybridized carbons (Fsp3) is 0.850. The van der Waals surface area contributed by atoms with Gasteiger partial charge in [0.25, 0.3) is 0 Å². The fourth-order valence-corrected chi connectivity index (χ4v) is 4.99. The number of carbonyl (C=O) groups is 1. The highest BCUT2D eigenvalue weighted by molar-refractivity contribution is 6.21. The molecule has 26 heavy (non-hydrogen) atoms. The molecule has 0 bridgehead atoms. The molecule has 0 spiro atoms. The van der Waals surface area contributed by atoms with Crippen LogP contribution in [-0.4, -0.2) is 52.1 Å². The van der Waals surface area contributed by atoms with Gasteiger partial charge in [0.15, 0.2) is 0 Å². The van der Waals surface area contributed by atoms with E-state index in [1.807, 2.05) is 12.2 Å². The molecule has 6 heteroatoms.